The van der Waals surface area contributed by atoms with Crippen molar-refractivity contribution >= 4 is 28.6 Å². The number of hydrogen-bond donors (Lipinski definition) is 1. The molecule has 0 bridgehead atoms. The molecule has 0 atom stereocenters. The molecule has 2 aromatic carbocycles. The second kappa shape index (κ2) is 6.23. The van der Waals surface area contributed by atoms with Crippen LogP contribution in [0.4, 0.5) is 0 Å². The average Bonchev–Trinajstić information content (AvgIpc) is 2.94. The zero-order valence-electron chi connectivity index (χ0n) is 12.4. The molecule has 0 saturated carbocycles. The van der Waals surface area contributed by atoms with Gasteiger partial charge in [-0.15, -0.1) is 0 Å². The van der Waals surface area contributed by atoms with Crippen molar-refractivity contribution in [2.75, 3.05) is 12.9 Å². The van der Waals surface area contributed by atoms with Gasteiger partial charge >= 0.3 is 0 Å². The number of ether oxygens (including phenoxy) is 1. The van der Waals surface area contributed by atoms with Crippen molar-refractivity contribution in [1.29, 1.82) is 0 Å². The smallest absolute Gasteiger partial charge is 0.173 e. The normalized spacial score (nSPS) is 10.8. The lowest BCUT2D eigenvalue weighted by atomic mass is 10.1. The van der Waals surface area contributed by atoms with Gasteiger partial charge in [0.05, 0.1) is 23.9 Å². The van der Waals surface area contributed by atoms with Crippen molar-refractivity contribution in [3.05, 3.63) is 53.6 Å². The summed E-state index contributed by atoms with van der Waals surface area (Å²) in [5, 5.41) is 0.761. The van der Waals surface area contributed by atoms with Gasteiger partial charge in [0, 0.05) is 5.56 Å². The highest BCUT2D eigenvalue weighted by Crippen LogP contribution is 2.22. The number of aromatic amines is 1. The molecule has 0 unspecified atom stereocenters. The van der Waals surface area contributed by atoms with Crippen LogP contribution in [0.5, 0.6) is 5.75 Å². The van der Waals surface area contributed by atoms with E-state index >= 15 is 0 Å². The molecule has 112 valence electrons. The highest BCUT2D eigenvalue weighted by molar-refractivity contribution is 7.99. The molecule has 3 rings (SSSR count). The van der Waals surface area contributed by atoms with Gasteiger partial charge in [-0.1, -0.05) is 30.0 Å². The Labute approximate surface area is 132 Å². The number of carbonyl (C=O) groups is 1. The Morgan fingerprint density at radius 1 is 1.27 bits per heavy atom. The summed E-state index contributed by atoms with van der Waals surface area (Å²) < 4.78 is 5.14. The maximum atomic E-state index is 12.2. The molecule has 0 aliphatic rings. The second-order valence-electron chi connectivity index (χ2n) is 5.01. The first-order valence-electron chi connectivity index (χ1n) is 6.92. The minimum absolute atomic E-state index is 0.0561. The SMILES string of the molecule is COc1cccc(C(=O)CSc2nc3ccc(C)cc3[nH]2)c1. The lowest BCUT2D eigenvalue weighted by Gasteiger charge is -2.03. The molecule has 1 N–H and O–H groups in total. The zero-order chi connectivity index (χ0) is 15.5. The number of fused-ring (bicyclic) bond motifs is 1. The summed E-state index contributed by atoms with van der Waals surface area (Å²) in [7, 11) is 1.59. The van der Waals surface area contributed by atoms with Crippen LogP contribution in [-0.4, -0.2) is 28.6 Å². The Morgan fingerprint density at radius 2 is 2.14 bits per heavy atom. The monoisotopic (exact) mass is 312 g/mol. The van der Waals surface area contributed by atoms with E-state index in [1.165, 1.54) is 17.3 Å². The number of aromatic nitrogens is 2. The molecule has 22 heavy (non-hydrogen) atoms. The molecule has 0 radical (unpaired) electrons. The summed E-state index contributed by atoms with van der Waals surface area (Å²) in [6.45, 7) is 2.04. The van der Waals surface area contributed by atoms with Gasteiger partial charge in [-0.05, 0) is 36.8 Å². The summed E-state index contributed by atoms with van der Waals surface area (Å²) in [6.07, 6.45) is 0. The highest BCUT2D eigenvalue weighted by Gasteiger charge is 2.10. The Bertz CT molecular complexity index is 826. The molecular formula is C17H16N2O2S. The first-order chi connectivity index (χ1) is 10.7. The van der Waals surface area contributed by atoms with Crippen molar-refractivity contribution in [2.45, 2.75) is 12.1 Å². The molecule has 0 amide bonds. The van der Waals surface area contributed by atoms with Gasteiger partial charge in [-0.2, -0.15) is 0 Å². The van der Waals surface area contributed by atoms with Crippen LogP contribution in [0.15, 0.2) is 47.6 Å². The van der Waals surface area contributed by atoms with Crippen LogP contribution in [0.2, 0.25) is 0 Å². The highest BCUT2D eigenvalue weighted by atomic mass is 32.2. The van der Waals surface area contributed by atoms with Crippen molar-refractivity contribution < 1.29 is 9.53 Å². The first-order valence-corrected chi connectivity index (χ1v) is 7.91. The molecule has 3 aromatic rings. The predicted octanol–water partition coefficient (Wildman–Crippen LogP) is 3.85. The van der Waals surface area contributed by atoms with Gasteiger partial charge < -0.3 is 9.72 Å². The number of nitrogens with one attached hydrogen (secondary N) is 1. The third-order valence-corrected chi connectivity index (χ3v) is 4.22. The molecule has 0 aliphatic carbocycles. The fraction of sp³-hybridized carbons (Fsp3) is 0.176. The zero-order valence-corrected chi connectivity index (χ0v) is 13.2. The van der Waals surface area contributed by atoms with Crippen LogP contribution in [-0.2, 0) is 0 Å². The molecular weight excluding hydrogens is 296 g/mol. The van der Waals surface area contributed by atoms with E-state index in [1.807, 2.05) is 31.2 Å². The summed E-state index contributed by atoms with van der Waals surface area (Å²) >= 11 is 1.41. The Balaban J connectivity index is 1.71. The number of ketones is 1. The molecule has 0 fully saturated rings. The number of Topliss-reactive ketones (excluding diaryl/α,β-unsaturated/α-hetero) is 1. The first kappa shape index (κ1) is 14.7. The second-order valence-corrected chi connectivity index (χ2v) is 5.97. The Morgan fingerprint density at radius 3 is 2.95 bits per heavy atom. The molecule has 1 heterocycles. The molecule has 4 nitrogen and oxygen atoms in total. The van der Waals surface area contributed by atoms with Crippen molar-refractivity contribution in [3.8, 4) is 5.75 Å². The summed E-state index contributed by atoms with van der Waals surface area (Å²) in [5.74, 6) is 1.09. The quantitative estimate of drug-likeness (QED) is 0.574. The van der Waals surface area contributed by atoms with Gasteiger partial charge in [-0.25, -0.2) is 4.98 Å². The molecule has 1 aromatic heterocycles. The number of methoxy groups -OCH3 is 1. The third kappa shape index (κ3) is 3.14. The van der Waals surface area contributed by atoms with E-state index in [9.17, 15) is 4.79 Å². The van der Waals surface area contributed by atoms with Crippen LogP contribution in [0, 0.1) is 6.92 Å². The van der Waals surface area contributed by atoms with Gasteiger partial charge in [0.15, 0.2) is 10.9 Å². The minimum atomic E-state index is 0.0561. The van der Waals surface area contributed by atoms with E-state index in [-0.39, 0.29) is 5.78 Å². The van der Waals surface area contributed by atoms with Crippen molar-refractivity contribution in [1.82, 2.24) is 9.97 Å². The number of thioether (sulfide) groups is 1. The molecule has 5 heteroatoms. The van der Waals surface area contributed by atoms with Crippen LogP contribution in [0.25, 0.3) is 11.0 Å². The molecule has 0 saturated heterocycles. The minimum Gasteiger partial charge on any atom is -0.497 e. The number of benzene rings is 2. The number of H-pyrrole nitrogens is 1. The largest absolute Gasteiger partial charge is 0.497 e. The topological polar surface area (TPSA) is 55.0 Å². The van der Waals surface area contributed by atoms with Gasteiger partial charge in [0.1, 0.15) is 5.75 Å². The maximum Gasteiger partial charge on any atom is 0.173 e. The predicted molar refractivity (Wildman–Crippen MR) is 88.9 cm³/mol. The lowest BCUT2D eigenvalue weighted by molar-refractivity contribution is 0.102. The Kier molecular flexibility index (Phi) is 4.15. The molecule has 0 spiro atoms. The number of aryl methyl sites for hydroxylation is 1. The molecule has 0 aliphatic heterocycles. The maximum absolute atomic E-state index is 12.2. The number of nitrogens with zero attached hydrogens (tertiary/aromatic N) is 1. The van der Waals surface area contributed by atoms with Crippen molar-refractivity contribution in [3.63, 3.8) is 0 Å². The van der Waals surface area contributed by atoms with Crippen LogP contribution in [0.1, 0.15) is 15.9 Å². The fourth-order valence-electron chi connectivity index (χ4n) is 2.18. The van der Waals surface area contributed by atoms with E-state index in [2.05, 4.69) is 16.0 Å². The van der Waals surface area contributed by atoms with Gasteiger partial charge in [0.2, 0.25) is 0 Å². The van der Waals surface area contributed by atoms with Gasteiger partial charge in [-0.3, -0.25) is 4.79 Å². The third-order valence-electron chi connectivity index (χ3n) is 3.35. The number of hydrogen-bond acceptors (Lipinski definition) is 4. The summed E-state index contributed by atoms with van der Waals surface area (Å²) in [4.78, 5) is 20.0. The standard InChI is InChI=1S/C17H16N2O2S/c1-11-6-7-14-15(8-11)19-17(18-14)22-10-16(20)12-4-3-5-13(9-12)21-2/h3-9H,10H2,1-2H3,(H,18,19). The summed E-state index contributed by atoms with van der Waals surface area (Å²) in [5.41, 5.74) is 3.75. The van der Waals surface area contributed by atoms with Gasteiger partial charge in [0.25, 0.3) is 0 Å². The number of carbonyl (C=O) groups excluding carboxylic acids is 1. The average molecular weight is 312 g/mol. The van der Waals surface area contributed by atoms with Crippen LogP contribution in [0.3, 0.4) is 0 Å². The van der Waals surface area contributed by atoms with E-state index < -0.39 is 0 Å². The van der Waals surface area contributed by atoms with Crippen LogP contribution < -0.4 is 4.74 Å². The number of imidazole rings is 1. The Hall–Kier alpha value is -2.27. The van der Waals surface area contributed by atoms with E-state index in [0.29, 0.717) is 17.1 Å². The van der Waals surface area contributed by atoms with E-state index in [1.54, 1.807) is 19.2 Å². The lowest BCUT2D eigenvalue weighted by Crippen LogP contribution is -2.02. The fourth-order valence-corrected chi connectivity index (χ4v) is 2.96. The van der Waals surface area contributed by atoms with Crippen molar-refractivity contribution in [2.24, 2.45) is 0 Å². The van der Waals surface area contributed by atoms with Crippen LogP contribution >= 0.6 is 11.8 Å². The summed E-state index contributed by atoms with van der Waals surface area (Å²) in [6, 6.07) is 13.3. The van der Waals surface area contributed by atoms with E-state index in [0.717, 1.165) is 16.2 Å². The van der Waals surface area contributed by atoms with E-state index in [4.69, 9.17) is 4.74 Å². The number of rotatable bonds is 5.